The molecule has 0 spiro atoms. The normalized spacial score (nSPS) is 16.3. The van der Waals surface area contributed by atoms with Gasteiger partial charge in [-0.15, -0.1) is 24.0 Å². The number of nitrogens with one attached hydrogen (secondary N) is 2. The van der Waals surface area contributed by atoms with Crippen molar-refractivity contribution in [3.05, 3.63) is 23.8 Å². The number of hydrogen-bond acceptors (Lipinski definition) is 5. The Morgan fingerprint density at radius 3 is 2.57 bits per heavy atom. The highest BCUT2D eigenvalue weighted by atomic mass is 127. The number of aromatic hydroxyl groups is 1. The molecule has 0 amide bonds. The van der Waals surface area contributed by atoms with Gasteiger partial charge in [0, 0.05) is 31.2 Å². The van der Waals surface area contributed by atoms with Crippen LogP contribution < -0.4 is 15.4 Å². The summed E-state index contributed by atoms with van der Waals surface area (Å²) in [6.07, 6.45) is 1.46. The fourth-order valence-corrected chi connectivity index (χ4v) is 4.13. The maximum Gasteiger partial charge on any atom is 0.213 e. The topological polar surface area (TPSA) is 103 Å². The van der Waals surface area contributed by atoms with Gasteiger partial charge in [-0.05, 0) is 32.8 Å². The van der Waals surface area contributed by atoms with Crippen LogP contribution in [-0.2, 0) is 16.6 Å². The fraction of sp³-hybridized carbons (Fsp3) is 0.611. The molecule has 1 aromatic rings. The zero-order chi connectivity index (χ0) is 19.9. The lowest BCUT2D eigenvalue weighted by Crippen LogP contribution is -2.50. The number of halogens is 1. The molecule has 0 radical (unpaired) electrons. The van der Waals surface area contributed by atoms with Crippen LogP contribution in [-0.4, -0.2) is 62.3 Å². The average Bonchev–Trinajstić information content (AvgIpc) is 2.67. The predicted molar refractivity (Wildman–Crippen MR) is 122 cm³/mol. The van der Waals surface area contributed by atoms with E-state index in [1.807, 2.05) is 13.0 Å². The Kier molecular flexibility index (Phi) is 10.3. The number of rotatable bonds is 7. The summed E-state index contributed by atoms with van der Waals surface area (Å²) in [6, 6.07) is 5.47. The van der Waals surface area contributed by atoms with E-state index in [4.69, 9.17) is 4.74 Å². The van der Waals surface area contributed by atoms with Crippen LogP contribution in [0.25, 0.3) is 0 Å². The van der Waals surface area contributed by atoms with Crippen molar-refractivity contribution in [3.8, 4) is 11.5 Å². The number of para-hydroxylation sites is 1. The second kappa shape index (κ2) is 11.7. The molecule has 3 N–H and O–H groups in total. The molecular formula is C18H31IN4O4S. The van der Waals surface area contributed by atoms with E-state index >= 15 is 0 Å². The van der Waals surface area contributed by atoms with Gasteiger partial charge < -0.3 is 20.5 Å². The summed E-state index contributed by atoms with van der Waals surface area (Å²) in [5.41, 5.74) is 0.676. The van der Waals surface area contributed by atoms with Gasteiger partial charge in [-0.3, -0.25) is 0 Å². The van der Waals surface area contributed by atoms with Crippen molar-refractivity contribution in [2.75, 3.05) is 32.5 Å². The third-order valence-electron chi connectivity index (χ3n) is 4.61. The predicted octanol–water partition coefficient (Wildman–Crippen LogP) is 1.89. The van der Waals surface area contributed by atoms with Gasteiger partial charge in [0.2, 0.25) is 10.0 Å². The molecule has 1 fully saturated rings. The molecular weight excluding hydrogens is 495 g/mol. The Labute approximate surface area is 184 Å². The molecule has 1 saturated heterocycles. The zero-order valence-electron chi connectivity index (χ0n) is 16.6. The first-order valence-electron chi connectivity index (χ1n) is 9.28. The Balaban J connectivity index is 0.00000392. The number of hydrogen-bond donors (Lipinski definition) is 3. The number of sulfonamides is 1. The smallest absolute Gasteiger partial charge is 0.213 e. The summed E-state index contributed by atoms with van der Waals surface area (Å²) in [4.78, 5) is 4.55. The summed E-state index contributed by atoms with van der Waals surface area (Å²) in [5, 5.41) is 16.7. The largest absolute Gasteiger partial charge is 0.504 e. The van der Waals surface area contributed by atoms with E-state index < -0.39 is 10.0 Å². The lowest BCUT2D eigenvalue weighted by molar-refractivity contribution is 0.306. The lowest BCUT2D eigenvalue weighted by Gasteiger charge is -2.32. The Morgan fingerprint density at radius 1 is 1.32 bits per heavy atom. The van der Waals surface area contributed by atoms with Gasteiger partial charge in [-0.2, -0.15) is 0 Å². The van der Waals surface area contributed by atoms with Gasteiger partial charge in [0.05, 0.1) is 19.4 Å². The van der Waals surface area contributed by atoms with Crippen LogP contribution in [0.4, 0.5) is 0 Å². The quantitative estimate of drug-likeness (QED) is 0.285. The molecule has 0 saturated carbocycles. The molecule has 8 nitrogen and oxygen atoms in total. The minimum atomic E-state index is -3.12. The molecule has 28 heavy (non-hydrogen) atoms. The molecule has 0 atom stereocenters. The molecule has 0 bridgehead atoms. The highest BCUT2D eigenvalue weighted by Crippen LogP contribution is 2.29. The first-order valence-corrected chi connectivity index (χ1v) is 10.9. The molecule has 1 aromatic carbocycles. The molecule has 0 aliphatic carbocycles. The van der Waals surface area contributed by atoms with E-state index in [1.165, 1.54) is 7.11 Å². The molecule has 160 valence electrons. The number of phenols is 1. The maximum absolute atomic E-state index is 12.0. The number of aliphatic imine (C=N–C) groups is 1. The fourth-order valence-electron chi connectivity index (χ4n) is 3.00. The number of ether oxygens (including phenoxy) is 1. The van der Waals surface area contributed by atoms with Crippen LogP contribution in [0.2, 0.25) is 0 Å². The third-order valence-corrected chi connectivity index (χ3v) is 6.49. The second-order valence-electron chi connectivity index (χ2n) is 6.38. The van der Waals surface area contributed by atoms with Crippen LogP contribution in [0.15, 0.2) is 23.2 Å². The molecule has 2 rings (SSSR count). The van der Waals surface area contributed by atoms with Crippen molar-refractivity contribution in [1.29, 1.82) is 0 Å². The first kappa shape index (κ1) is 24.8. The minimum Gasteiger partial charge on any atom is -0.504 e. The number of phenolic OH excluding ortho intramolecular Hbond substituents is 1. The Bertz CT molecular complexity index is 750. The number of piperidine rings is 1. The molecule has 0 aromatic heterocycles. The van der Waals surface area contributed by atoms with E-state index in [0.29, 0.717) is 43.5 Å². The second-order valence-corrected chi connectivity index (χ2v) is 8.64. The van der Waals surface area contributed by atoms with Crippen LogP contribution in [0, 0.1) is 0 Å². The molecule has 1 aliphatic heterocycles. The number of guanidine groups is 1. The third kappa shape index (κ3) is 6.66. The van der Waals surface area contributed by atoms with E-state index in [0.717, 1.165) is 12.8 Å². The van der Waals surface area contributed by atoms with Crippen molar-refractivity contribution in [2.45, 2.75) is 39.3 Å². The minimum absolute atomic E-state index is 0. The van der Waals surface area contributed by atoms with Gasteiger partial charge >= 0.3 is 0 Å². The highest BCUT2D eigenvalue weighted by Gasteiger charge is 2.27. The van der Waals surface area contributed by atoms with Crippen LogP contribution in [0.1, 0.15) is 32.3 Å². The summed E-state index contributed by atoms with van der Waals surface area (Å²) < 4.78 is 30.6. The maximum atomic E-state index is 12.0. The van der Waals surface area contributed by atoms with Crippen molar-refractivity contribution < 1.29 is 18.3 Å². The highest BCUT2D eigenvalue weighted by molar-refractivity contribution is 14.0. The number of nitrogens with zero attached hydrogens (tertiary/aromatic N) is 2. The Hall–Kier alpha value is -1.27. The van der Waals surface area contributed by atoms with Crippen LogP contribution >= 0.6 is 24.0 Å². The summed E-state index contributed by atoms with van der Waals surface area (Å²) >= 11 is 0. The van der Waals surface area contributed by atoms with Gasteiger partial charge in [-0.25, -0.2) is 17.7 Å². The van der Waals surface area contributed by atoms with E-state index in [2.05, 4.69) is 15.6 Å². The van der Waals surface area contributed by atoms with Gasteiger partial charge in [0.15, 0.2) is 17.5 Å². The summed E-state index contributed by atoms with van der Waals surface area (Å²) in [7, 11) is -1.61. The van der Waals surface area contributed by atoms with Crippen molar-refractivity contribution in [1.82, 2.24) is 14.9 Å². The van der Waals surface area contributed by atoms with Crippen molar-refractivity contribution >= 4 is 40.0 Å². The summed E-state index contributed by atoms with van der Waals surface area (Å²) in [6.45, 7) is 5.70. The lowest BCUT2D eigenvalue weighted by atomic mass is 10.1. The molecule has 0 unspecified atom stereocenters. The zero-order valence-corrected chi connectivity index (χ0v) is 19.8. The molecule has 1 heterocycles. The van der Waals surface area contributed by atoms with E-state index in [9.17, 15) is 13.5 Å². The van der Waals surface area contributed by atoms with Crippen molar-refractivity contribution in [3.63, 3.8) is 0 Å². The standard InChI is InChI=1S/C18H30N4O4S.HI/c1-4-19-18(20-13-14-7-6-8-16(26-3)17(14)23)21-15-9-11-22(12-10-15)27(24,25)5-2;/h6-8,15,23H,4-5,9-13H2,1-3H3,(H2,19,20,21);1H. The van der Waals surface area contributed by atoms with Gasteiger partial charge in [-0.1, -0.05) is 12.1 Å². The van der Waals surface area contributed by atoms with E-state index in [1.54, 1.807) is 23.4 Å². The molecule has 1 aliphatic rings. The average molecular weight is 526 g/mol. The first-order chi connectivity index (χ1) is 12.9. The van der Waals surface area contributed by atoms with E-state index in [-0.39, 0.29) is 41.5 Å². The van der Waals surface area contributed by atoms with Gasteiger partial charge in [0.1, 0.15) is 0 Å². The van der Waals surface area contributed by atoms with Crippen LogP contribution in [0.3, 0.4) is 0 Å². The van der Waals surface area contributed by atoms with Gasteiger partial charge in [0.25, 0.3) is 0 Å². The molecule has 10 heteroatoms. The monoisotopic (exact) mass is 526 g/mol. The SMILES string of the molecule is CCNC(=NCc1cccc(OC)c1O)NC1CCN(S(=O)(=O)CC)CC1.I. The number of benzene rings is 1. The van der Waals surface area contributed by atoms with Crippen LogP contribution in [0.5, 0.6) is 11.5 Å². The number of methoxy groups -OCH3 is 1. The summed E-state index contributed by atoms with van der Waals surface area (Å²) in [5.74, 6) is 1.30. The van der Waals surface area contributed by atoms with Crippen molar-refractivity contribution in [2.24, 2.45) is 4.99 Å². The Morgan fingerprint density at radius 2 is 2.00 bits per heavy atom.